The van der Waals surface area contributed by atoms with Crippen molar-refractivity contribution >= 4 is 28.7 Å². The predicted octanol–water partition coefficient (Wildman–Crippen LogP) is 5.59. The van der Waals surface area contributed by atoms with E-state index in [-0.39, 0.29) is 17.8 Å². The fourth-order valence-electron chi connectivity index (χ4n) is 5.18. The maximum absolute atomic E-state index is 11.6. The average molecular weight is 530 g/mol. The van der Waals surface area contributed by atoms with Gasteiger partial charge in [0, 0.05) is 29.7 Å². The summed E-state index contributed by atoms with van der Waals surface area (Å²) in [5.74, 6) is 1.23. The van der Waals surface area contributed by atoms with Crippen molar-refractivity contribution in [3.63, 3.8) is 0 Å². The third-order valence-electron chi connectivity index (χ3n) is 6.85. The van der Waals surface area contributed by atoms with Crippen molar-refractivity contribution < 1.29 is 14.4 Å². The van der Waals surface area contributed by atoms with Gasteiger partial charge < -0.3 is 24.3 Å². The van der Waals surface area contributed by atoms with E-state index in [1.54, 1.807) is 26.5 Å². The van der Waals surface area contributed by atoms with Gasteiger partial charge >= 0.3 is 0 Å². The minimum Gasteiger partial charge on any atom is -0.495 e. The highest BCUT2D eigenvalue weighted by Gasteiger charge is 2.43. The van der Waals surface area contributed by atoms with Crippen molar-refractivity contribution in [2.24, 2.45) is 0 Å². The van der Waals surface area contributed by atoms with E-state index < -0.39 is 4.92 Å². The fraction of sp³-hybridized carbons (Fsp3) is 0.214. The number of benzene rings is 2. The van der Waals surface area contributed by atoms with Crippen LogP contribution >= 0.6 is 12.2 Å². The number of nitro groups is 1. The largest absolute Gasteiger partial charge is 0.495 e. The van der Waals surface area contributed by atoms with Crippen molar-refractivity contribution in [3.05, 3.63) is 106 Å². The summed E-state index contributed by atoms with van der Waals surface area (Å²) in [5, 5.41) is 15.6. The van der Waals surface area contributed by atoms with Crippen LogP contribution in [-0.2, 0) is 0 Å². The molecular weight excluding hydrogens is 502 g/mol. The van der Waals surface area contributed by atoms with Gasteiger partial charge in [-0.3, -0.25) is 15.1 Å². The van der Waals surface area contributed by atoms with Gasteiger partial charge in [0.05, 0.1) is 48.3 Å². The Hall–Kier alpha value is -4.44. The van der Waals surface area contributed by atoms with Crippen LogP contribution in [0.15, 0.2) is 72.9 Å². The van der Waals surface area contributed by atoms with Crippen LogP contribution < -0.4 is 19.7 Å². The lowest BCUT2D eigenvalue weighted by atomic mass is 9.96. The summed E-state index contributed by atoms with van der Waals surface area (Å²) in [7, 11) is 3.19. The summed E-state index contributed by atoms with van der Waals surface area (Å²) in [6.07, 6.45) is 1.76. The zero-order chi connectivity index (χ0) is 27.0. The Kier molecular flexibility index (Phi) is 6.73. The number of thiocarbonyl (C=S) groups is 1. The summed E-state index contributed by atoms with van der Waals surface area (Å²) in [6.45, 7) is 3.97. The van der Waals surface area contributed by atoms with E-state index in [9.17, 15) is 10.1 Å². The van der Waals surface area contributed by atoms with Crippen LogP contribution in [0.3, 0.4) is 0 Å². The number of pyridine rings is 1. The number of nitrogens with zero attached hydrogens (tertiary/aromatic N) is 4. The number of aryl methyl sites for hydroxylation is 1. The highest BCUT2D eigenvalue weighted by atomic mass is 32.1. The first-order chi connectivity index (χ1) is 18.3. The molecule has 1 fully saturated rings. The molecule has 0 unspecified atom stereocenters. The van der Waals surface area contributed by atoms with Crippen LogP contribution in [0.5, 0.6) is 11.5 Å². The molecule has 2 aromatic heterocycles. The predicted molar refractivity (Wildman–Crippen MR) is 149 cm³/mol. The second-order valence-electron chi connectivity index (χ2n) is 8.94. The van der Waals surface area contributed by atoms with Crippen molar-refractivity contribution in [2.45, 2.75) is 25.9 Å². The number of non-ortho nitro benzene ring substituents is 1. The number of anilines is 1. The number of nitro benzene ring substituents is 1. The summed E-state index contributed by atoms with van der Waals surface area (Å²) in [6, 6.07) is 19.7. The van der Waals surface area contributed by atoms with Gasteiger partial charge in [-0.1, -0.05) is 18.2 Å². The molecule has 1 saturated heterocycles. The molecule has 0 amide bonds. The van der Waals surface area contributed by atoms with Gasteiger partial charge in [-0.15, -0.1) is 0 Å². The second kappa shape index (κ2) is 10.1. The molecule has 2 atom stereocenters. The molecule has 2 aromatic carbocycles. The normalized spacial score (nSPS) is 16.8. The minimum atomic E-state index is -0.405. The Balaban J connectivity index is 1.73. The Morgan fingerprint density at radius 1 is 0.974 bits per heavy atom. The highest BCUT2D eigenvalue weighted by Crippen LogP contribution is 2.46. The standard InChI is InChI=1S/C28H27N5O4S/c1-17-15-20(18(2)31(17)23-16-19(33(34)35)12-13-25(23)37-4)27-26(21-9-7-8-14-29-21)30-28(38)32(27)22-10-5-6-11-24(22)36-3/h5-16,26-27H,1-4H3,(H,30,38)/t26-,27-/m0/s1. The van der Waals surface area contributed by atoms with Crippen molar-refractivity contribution in [1.29, 1.82) is 0 Å². The third kappa shape index (κ3) is 4.22. The smallest absolute Gasteiger partial charge is 0.271 e. The lowest BCUT2D eigenvalue weighted by Crippen LogP contribution is -2.30. The molecule has 0 spiro atoms. The molecule has 38 heavy (non-hydrogen) atoms. The van der Waals surface area contributed by atoms with E-state index >= 15 is 0 Å². The molecule has 1 N–H and O–H groups in total. The number of methoxy groups -OCH3 is 2. The van der Waals surface area contributed by atoms with Crippen LogP contribution in [0.4, 0.5) is 11.4 Å². The lowest BCUT2D eigenvalue weighted by molar-refractivity contribution is -0.384. The lowest BCUT2D eigenvalue weighted by Gasteiger charge is -2.29. The number of aromatic nitrogens is 2. The number of rotatable bonds is 7. The number of para-hydroxylation sites is 2. The number of hydrogen-bond donors (Lipinski definition) is 1. The van der Waals surface area contributed by atoms with E-state index in [0.29, 0.717) is 22.3 Å². The van der Waals surface area contributed by atoms with E-state index in [2.05, 4.69) is 21.3 Å². The SMILES string of the molecule is COc1ccccc1N1C(=S)N[C@@H](c2ccccn2)[C@@H]1c1cc(C)n(-c2cc([N+](=O)[O-])ccc2OC)c1C. The molecule has 5 rings (SSSR count). The summed E-state index contributed by atoms with van der Waals surface area (Å²) < 4.78 is 13.3. The topological polar surface area (TPSA) is 94.7 Å². The molecule has 194 valence electrons. The first kappa shape index (κ1) is 25.2. The third-order valence-corrected chi connectivity index (χ3v) is 7.16. The molecule has 1 aliphatic rings. The molecule has 0 bridgehead atoms. The van der Waals surface area contributed by atoms with Crippen LogP contribution in [-0.4, -0.2) is 33.8 Å². The maximum atomic E-state index is 11.6. The molecule has 1 aliphatic heterocycles. The zero-order valence-electron chi connectivity index (χ0n) is 21.4. The molecule has 4 aromatic rings. The molecule has 10 heteroatoms. The van der Waals surface area contributed by atoms with Gasteiger partial charge in [0.25, 0.3) is 5.69 Å². The van der Waals surface area contributed by atoms with E-state index in [1.807, 2.05) is 60.9 Å². The van der Waals surface area contributed by atoms with Crippen LogP contribution in [0, 0.1) is 24.0 Å². The van der Waals surface area contributed by atoms with Crippen molar-refractivity contribution in [3.8, 4) is 17.2 Å². The summed E-state index contributed by atoms with van der Waals surface area (Å²) in [4.78, 5) is 17.9. The zero-order valence-corrected chi connectivity index (χ0v) is 22.2. The first-order valence-electron chi connectivity index (χ1n) is 12.0. The van der Waals surface area contributed by atoms with Crippen LogP contribution in [0.2, 0.25) is 0 Å². The van der Waals surface area contributed by atoms with Gasteiger partial charge in [0.2, 0.25) is 0 Å². The van der Waals surface area contributed by atoms with Gasteiger partial charge in [0.1, 0.15) is 11.5 Å². The molecule has 0 radical (unpaired) electrons. The van der Waals surface area contributed by atoms with Crippen molar-refractivity contribution in [2.75, 3.05) is 19.1 Å². The molecule has 9 nitrogen and oxygen atoms in total. The van der Waals surface area contributed by atoms with Crippen molar-refractivity contribution in [1.82, 2.24) is 14.9 Å². The molecule has 0 aliphatic carbocycles. The van der Waals surface area contributed by atoms with E-state index in [0.717, 1.165) is 28.3 Å². The van der Waals surface area contributed by atoms with Gasteiger partial charge in [-0.2, -0.15) is 0 Å². The van der Waals surface area contributed by atoms with E-state index in [1.165, 1.54) is 12.1 Å². The monoisotopic (exact) mass is 529 g/mol. The van der Waals surface area contributed by atoms with Gasteiger partial charge in [-0.25, -0.2) is 0 Å². The van der Waals surface area contributed by atoms with Crippen LogP contribution in [0.25, 0.3) is 5.69 Å². The average Bonchev–Trinajstić information content (AvgIpc) is 3.43. The number of hydrogen-bond acceptors (Lipinski definition) is 6. The number of nitrogens with one attached hydrogen (secondary N) is 1. The second-order valence-corrected chi connectivity index (χ2v) is 9.33. The Morgan fingerprint density at radius 3 is 2.37 bits per heavy atom. The van der Waals surface area contributed by atoms with Gasteiger partial charge in [-0.05, 0) is 68.0 Å². The Bertz CT molecular complexity index is 1520. The van der Waals surface area contributed by atoms with E-state index in [4.69, 9.17) is 21.7 Å². The number of ether oxygens (including phenoxy) is 2. The fourth-order valence-corrected chi connectivity index (χ4v) is 5.52. The maximum Gasteiger partial charge on any atom is 0.271 e. The molecule has 3 heterocycles. The Labute approximate surface area is 225 Å². The molecule has 0 saturated carbocycles. The Morgan fingerprint density at radius 2 is 1.68 bits per heavy atom. The quantitative estimate of drug-likeness (QED) is 0.188. The van der Waals surface area contributed by atoms with Crippen LogP contribution in [0.1, 0.15) is 34.7 Å². The minimum absolute atomic E-state index is 0.0134. The molecular formula is C28H27N5O4S. The highest BCUT2D eigenvalue weighted by molar-refractivity contribution is 7.80. The van der Waals surface area contributed by atoms with Gasteiger partial charge in [0.15, 0.2) is 5.11 Å². The summed E-state index contributed by atoms with van der Waals surface area (Å²) in [5.41, 5.74) is 5.04. The summed E-state index contributed by atoms with van der Waals surface area (Å²) >= 11 is 5.88. The first-order valence-corrected chi connectivity index (χ1v) is 12.4.